The second-order valence-electron chi connectivity index (χ2n) is 8.77. The van der Waals surface area contributed by atoms with E-state index in [1.165, 1.54) is 12.5 Å². The number of fused-ring (bicyclic) bond motifs is 1. The maximum atomic E-state index is 13.3. The van der Waals surface area contributed by atoms with E-state index < -0.39 is 0 Å². The van der Waals surface area contributed by atoms with Crippen molar-refractivity contribution in [3.8, 4) is 5.75 Å². The number of rotatable bonds is 4. The van der Waals surface area contributed by atoms with Crippen molar-refractivity contribution < 1.29 is 19.1 Å². The summed E-state index contributed by atoms with van der Waals surface area (Å²) < 4.78 is 12.0. The first-order chi connectivity index (χ1) is 15.8. The molecule has 0 radical (unpaired) electrons. The molecule has 2 amide bonds. The van der Waals surface area contributed by atoms with Crippen molar-refractivity contribution in [1.29, 1.82) is 0 Å². The molecule has 0 aliphatic carbocycles. The average Bonchev–Trinajstić information content (AvgIpc) is 2.80. The highest BCUT2D eigenvalue weighted by Gasteiger charge is 2.28. The number of amides is 2. The Labute approximate surface area is 195 Å². The maximum absolute atomic E-state index is 13.3. The van der Waals surface area contributed by atoms with Crippen molar-refractivity contribution in [3.63, 3.8) is 0 Å². The highest BCUT2D eigenvalue weighted by Crippen LogP contribution is 2.26. The summed E-state index contributed by atoms with van der Waals surface area (Å²) in [5, 5.41) is 2.74. The lowest BCUT2D eigenvalue weighted by atomic mass is 10.0. The Kier molecular flexibility index (Phi) is 8.41. The highest BCUT2D eigenvalue weighted by atomic mass is 16.5. The van der Waals surface area contributed by atoms with Crippen LogP contribution in [0, 0.1) is 5.92 Å². The molecule has 1 aromatic heterocycles. The number of benzene rings is 1. The molecule has 0 saturated carbocycles. The molecule has 8 nitrogen and oxygen atoms in total. The Hall–Kier alpha value is -2.97. The van der Waals surface area contributed by atoms with Crippen molar-refractivity contribution in [2.45, 2.75) is 39.5 Å². The molecular formula is C25H34N4O4. The zero-order chi connectivity index (χ0) is 24.0. The minimum atomic E-state index is -0.196. The Balaban J connectivity index is 1.94. The molecule has 178 valence electrons. The first-order valence-electron chi connectivity index (χ1n) is 11.2. The van der Waals surface area contributed by atoms with E-state index in [2.05, 4.69) is 29.0 Å². The fourth-order valence-electron chi connectivity index (χ4n) is 4.08. The van der Waals surface area contributed by atoms with Crippen molar-refractivity contribution in [2.24, 2.45) is 5.92 Å². The molecule has 1 aliphatic heterocycles. The van der Waals surface area contributed by atoms with E-state index in [9.17, 15) is 9.59 Å². The largest absolute Gasteiger partial charge is 0.491 e. The van der Waals surface area contributed by atoms with Gasteiger partial charge >= 0.3 is 0 Å². The Bertz CT molecular complexity index is 953. The number of carbonyl (C=O) groups excluding carboxylic acids is 2. The van der Waals surface area contributed by atoms with Crippen LogP contribution in [-0.4, -0.2) is 72.6 Å². The predicted octanol–water partition coefficient (Wildman–Crippen LogP) is 3.05. The third kappa shape index (κ3) is 6.52. The quantitative estimate of drug-likeness (QED) is 0.765. The van der Waals surface area contributed by atoms with Gasteiger partial charge in [0.05, 0.1) is 11.7 Å². The standard InChI is InChI=1S/C25H34N4O4/c1-17-13-29(14-20-8-10-26-11-9-20)18(2)16-33-23-7-6-21(27-19(3)30)12-22(23)25(31)28(4)15-24(17)32-5/h6-12,17-18,24H,13-16H2,1-5H3,(H,27,30)/t17-,18-,24+/m0/s1. The molecule has 0 unspecified atom stereocenters. The number of likely N-dealkylation sites (N-methyl/N-ethyl adjacent to an activating group) is 1. The Morgan fingerprint density at radius 2 is 1.94 bits per heavy atom. The number of anilines is 1. The second-order valence-corrected chi connectivity index (χ2v) is 8.77. The number of pyridine rings is 1. The monoisotopic (exact) mass is 454 g/mol. The van der Waals surface area contributed by atoms with Gasteiger partial charge in [0.25, 0.3) is 5.91 Å². The summed E-state index contributed by atoms with van der Waals surface area (Å²) in [6, 6.07) is 9.30. The molecule has 8 heteroatoms. The van der Waals surface area contributed by atoms with Crippen LogP contribution in [0.15, 0.2) is 42.7 Å². The summed E-state index contributed by atoms with van der Waals surface area (Å²) in [6.45, 7) is 8.12. The highest BCUT2D eigenvalue weighted by molar-refractivity contribution is 5.99. The molecule has 0 bridgehead atoms. The summed E-state index contributed by atoms with van der Waals surface area (Å²) in [6.07, 6.45) is 3.48. The number of methoxy groups -OCH3 is 1. The van der Waals surface area contributed by atoms with Crippen molar-refractivity contribution >= 4 is 17.5 Å². The van der Waals surface area contributed by atoms with E-state index in [4.69, 9.17) is 9.47 Å². The van der Waals surface area contributed by atoms with Gasteiger partial charge in [0.1, 0.15) is 12.4 Å². The molecule has 33 heavy (non-hydrogen) atoms. The van der Waals surface area contributed by atoms with Gasteiger partial charge in [0.15, 0.2) is 0 Å². The third-order valence-electron chi connectivity index (χ3n) is 6.03. The molecule has 3 atom stereocenters. The summed E-state index contributed by atoms with van der Waals surface area (Å²) in [4.78, 5) is 33.0. The normalized spacial score (nSPS) is 22.5. The number of nitrogens with one attached hydrogen (secondary N) is 1. The van der Waals surface area contributed by atoms with Crippen molar-refractivity contribution in [2.75, 3.05) is 39.2 Å². The SMILES string of the molecule is CO[C@@H]1CN(C)C(=O)c2cc(NC(C)=O)ccc2OC[C@H](C)N(Cc2ccncc2)C[C@@H]1C. The van der Waals surface area contributed by atoms with Crippen LogP contribution in [-0.2, 0) is 16.1 Å². The van der Waals surface area contributed by atoms with Gasteiger partial charge in [-0.3, -0.25) is 19.5 Å². The summed E-state index contributed by atoms with van der Waals surface area (Å²) in [5.74, 6) is 0.310. The Morgan fingerprint density at radius 1 is 1.21 bits per heavy atom. The van der Waals surface area contributed by atoms with Crippen LogP contribution in [0.25, 0.3) is 0 Å². The molecule has 0 saturated heterocycles. The number of hydrogen-bond donors (Lipinski definition) is 1. The summed E-state index contributed by atoms with van der Waals surface area (Å²) in [7, 11) is 3.45. The number of hydrogen-bond acceptors (Lipinski definition) is 6. The van der Waals surface area contributed by atoms with Gasteiger partial charge in [-0.15, -0.1) is 0 Å². The van der Waals surface area contributed by atoms with Gasteiger partial charge in [-0.2, -0.15) is 0 Å². The second kappa shape index (κ2) is 11.2. The fourth-order valence-corrected chi connectivity index (χ4v) is 4.08. The fraction of sp³-hybridized carbons (Fsp3) is 0.480. The van der Waals surface area contributed by atoms with Gasteiger partial charge in [0.2, 0.25) is 5.91 Å². The first kappa shape index (κ1) is 24.7. The van der Waals surface area contributed by atoms with E-state index >= 15 is 0 Å². The molecular weight excluding hydrogens is 420 g/mol. The van der Waals surface area contributed by atoms with Crippen molar-refractivity contribution in [3.05, 3.63) is 53.9 Å². The molecule has 3 rings (SSSR count). The van der Waals surface area contributed by atoms with Crippen LogP contribution in [0.4, 0.5) is 5.69 Å². The lowest BCUT2D eigenvalue weighted by Gasteiger charge is -2.36. The lowest BCUT2D eigenvalue weighted by Crippen LogP contribution is -2.46. The van der Waals surface area contributed by atoms with Crippen LogP contribution in [0.3, 0.4) is 0 Å². The van der Waals surface area contributed by atoms with Gasteiger partial charge in [0, 0.05) is 64.8 Å². The molecule has 1 aliphatic rings. The van der Waals surface area contributed by atoms with Crippen LogP contribution >= 0.6 is 0 Å². The van der Waals surface area contributed by atoms with Gasteiger partial charge < -0.3 is 19.7 Å². The van der Waals surface area contributed by atoms with E-state index in [1.807, 2.05) is 12.1 Å². The smallest absolute Gasteiger partial charge is 0.257 e. The van der Waals surface area contributed by atoms with E-state index in [1.54, 1.807) is 49.7 Å². The van der Waals surface area contributed by atoms with E-state index in [-0.39, 0.29) is 29.9 Å². The molecule has 1 N–H and O–H groups in total. The topological polar surface area (TPSA) is 84.0 Å². The number of aromatic nitrogens is 1. The van der Waals surface area contributed by atoms with E-state index in [0.29, 0.717) is 30.2 Å². The van der Waals surface area contributed by atoms with Crippen LogP contribution in [0.2, 0.25) is 0 Å². The number of carbonyl (C=O) groups is 2. The van der Waals surface area contributed by atoms with Gasteiger partial charge in [-0.1, -0.05) is 6.92 Å². The molecule has 2 aromatic rings. The zero-order valence-electron chi connectivity index (χ0n) is 20.1. The van der Waals surface area contributed by atoms with Crippen LogP contribution in [0.1, 0.15) is 36.7 Å². The third-order valence-corrected chi connectivity index (χ3v) is 6.03. The van der Waals surface area contributed by atoms with E-state index in [0.717, 1.165) is 13.1 Å². The van der Waals surface area contributed by atoms with Crippen molar-refractivity contribution in [1.82, 2.24) is 14.8 Å². The summed E-state index contributed by atoms with van der Waals surface area (Å²) in [5.41, 5.74) is 2.15. The zero-order valence-corrected chi connectivity index (χ0v) is 20.1. The lowest BCUT2D eigenvalue weighted by molar-refractivity contribution is -0.114. The minimum absolute atomic E-state index is 0.0910. The van der Waals surface area contributed by atoms with Crippen LogP contribution < -0.4 is 10.1 Å². The number of nitrogens with zero attached hydrogens (tertiary/aromatic N) is 3. The molecule has 2 heterocycles. The van der Waals surface area contributed by atoms with Gasteiger partial charge in [-0.25, -0.2) is 0 Å². The maximum Gasteiger partial charge on any atom is 0.257 e. The average molecular weight is 455 g/mol. The first-order valence-corrected chi connectivity index (χ1v) is 11.2. The molecule has 1 aromatic carbocycles. The molecule has 0 spiro atoms. The van der Waals surface area contributed by atoms with Gasteiger partial charge in [-0.05, 0) is 48.7 Å². The van der Waals surface area contributed by atoms with Crippen LogP contribution in [0.5, 0.6) is 5.75 Å². The Morgan fingerprint density at radius 3 is 2.61 bits per heavy atom. The minimum Gasteiger partial charge on any atom is -0.491 e. The summed E-state index contributed by atoms with van der Waals surface area (Å²) >= 11 is 0. The number of ether oxygens (including phenoxy) is 2. The molecule has 0 fully saturated rings. The predicted molar refractivity (Wildman–Crippen MR) is 127 cm³/mol.